The van der Waals surface area contributed by atoms with Crippen LogP contribution in [0.1, 0.15) is 31.6 Å². The fourth-order valence-corrected chi connectivity index (χ4v) is 3.96. The molecule has 1 aromatic heterocycles. The van der Waals surface area contributed by atoms with Crippen LogP contribution in [0.15, 0.2) is 54.6 Å². The molecule has 6 nitrogen and oxygen atoms in total. The monoisotopic (exact) mass is 376 g/mol. The lowest BCUT2D eigenvalue weighted by atomic mass is 10.2. The Kier molecular flexibility index (Phi) is 4.86. The van der Waals surface area contributed by atoms with Crippen molar-refractivity contribution in [2.24, 2.45) is 0 Å². The van der Waals surface area contributed by atoms with Crippen molar-refractivity contribution in [2.45, 2.75) is 32.4 Å². The molecule has 3 aromatic rings. The number of fused-ring (bicyclic) bond motifs is 1. The Balaban J connectivity index is 1.71. The number of benzene rings is 2. The molecular formula is C22H24N4O2. The standard InChI is InChI=1S/C22H24N4O2/c1-16(27)25-14-8-13-20(25)22-23-18-11-6-7-12-19(18)26(22)15-21(28)24(2)17-9-4-3-5-10-17/h3-7,9-12,20H,8,13-15H2,1-2H3. The molecule has 6 heteroatoms. The molecule has 144 valence electrons. The molecule has 1 fully saturated rings. The quantitative estimate of drug-likeness (QED) is 0.701. The first-order chi connectivity index (χ1) is 13.6. The van der Waals surface area contributed by atoms with Crippen LogP contribution in [0.3, 0.4) is 0 Å². The van der Waals surface area contributed by atoms with Gasteiger partial charge in [0.2, 0.25) is 11.8 Å². The number of carbonyl (C=O) groups is 2. The molecule has 1 saturated heterocycles. The highest BCUT2D eigenvalue weighted by atomic mass is 16.2. The average Bonchev–Trinajstić information content (AvgIpc) is 3.33. The number of rotatable bonds is 4. The summed E-state index contributed by atoms with van der Waals surface area (Å²) in [6, 6.07) is 17.3. The fourth-order valence-electron chi connectivity index (χ4n) is 3.96. The van der Waals surface area contributed by atoms with Crippen molar-refractivity contribution in [3.05, 3.63) is 60.4 Å². The van der Waals surface area contributed by atoms with E-state index in [1.165, 1.54) is 0 Å². The molecule has 0 radical (unpaired) electrons. The first kappa shape index (κ1) is 18.2. The minimum Gasteiger partial charge on any atom is -0.333 e. The number of nitrogens with zero attached hydrogens (tertiary/aromatic N) is 4. The van der Waals surface area contributed by atoms with Crippen LogP contribution in [0.25, 0.3) is 11.0 Å². The molecule has 1 aliphatic heterocycles. The largest absolute Gasteiger partial charge is 0.333 e. The van der Waals surface area contributed by atoms with Gasteiger partial charge in [0.1, 0.15) is 12.4 Å². The maximum absolute atomic E-state index is 13.0. The highest BCUT2D eigenvalue weighted by Crippen LogP contribution is 2.33. The van der Waals surface area contributed by atoms with Gasteiger partial charge in [-0.25, -0.2) is 4.98 Å². The highest BCUT2D eigenvalue weighted by Gasteiger charge is 2.32. The van der Waals surface area contributed by atoms with Crippen molar-refractivity contribution in [3.8, 4) is 0 Å². The molecule has 2 heterocycles. The van der Waals surface area contributed by atoms with Crippen molar-refractivity contribution in [1.29, 1.82) is 0 Å². The Morgan fingerprint density at radius 3 is 2.57 bits per heavy atom. The third kappa shape index (κ3) is 3.26. The molecule has 1 atom stereocenters. The Hall–Kier alpha value is -3.15. The van der Waals surface area contributed by atoms with Crippen LogP contribution in [0, 0.1) is 0 Å². The maximum atomic E-state index is 13.0. The summed E-state index contributed by atoms with van der Waals surface area (Å²) in [7, 11) is 1.79. The predicted octanol–water partition coefficient (Wildman–Crippen LogP) is 3.38. The second-order valence-corrected chi connectivity index (χ2v) is 7.20. The van der Waals surface area contributed by atoms with Gasteiger partial charge in [0.05, 0.1) is 17.1 Å². The number of anilines is 1. The van der Waals surface area contributed by atoms with Crippen molar-refractivity contribution < 1.29 is 9.59 Å². The first-order valence-corrected chi connectivity index (χ1v) is 9.60. The molecule has 0 N–H and O–H groups in total. The first-order valence-electron chi connectivity index (χ1n) is 9.60. The van der Waals surface area contributed by atoms with Gasteiger partial charge in [-0.1, -0.05) is 30.3 Å². The molecule has 2 aromatic carbocycles. The van der Waals surface area contributed by atoms with Crippen LogP contribution in [-0.2, 0) is 16.1 Å². The lowest BCUT2D eigenvalue weighted by Crippen LogP contribution is -2.33. The zero-order valence-corrected chi connectivity index (χ0v) is 16.2. The Bertz CT molecular complexity index is 1010. The summed E-state index contributed by atoms with van der Waals surface area (Å²) in [5.41, 5.74) is 2.62. The number of imidazole rings is 1. The van der Waals surface area contributed by atoms with E-state index in [2.05, 4.69) is 0 Å². The molecule has 0 spiro atoms. The van der Waals surface area contributed by atoms with Gasteiger partial charge in [0.15, 0.2) is 0 Å². The predicted molar refractivity (Wildman–Crippen MR) is 109 cm³/mol. The van der Waals surface area contributed by atoms with E-state index >= 15 is 0 Å². The lowest BCUT2D eigenvalue weighted by molar-refractivity contribution is -0.129. The topological polar surface area (TPSA) is 58.4 Å². The normalized spacial score (nSPS) is 16.5. The van der Waals surface area contributed by atoms with Gasteiger partial charge in [-0.3, -0.25) is 9.59 Å². The summed E-state index contributed by atoms with van der Waals surface area (Å²) in [5, 5.41) is 0. The van der Waals surface area contributed by atoms with Gasteiger partial charge in [0.25, 0.3) is 0 Å². The Morgan fingerprint density at radius 1 is 1.11 bits per heavy atom. The molecule has 0 bridgehead atoms. The molecule has 2 amide bonds. The third-order valence-corrected chi connectivity index (χ3v) is 5.45. The summed E-state index contributed by atoms with van der Waals surface area (Å²) in [6.45, 7) is 2.52. The van der Waals surface area contributed by atoms with Crippen LogP contribution in [0.2, 0.25) is 0 Å². The van der Waals surface area contributed by atoms with Gasteiger partial charge in [-0.2, -0.15) is 0 Å². The van der Waals surface area contributed by atoms with Crippen molar-refractivity contribution in [2.75, 3.05) is 18.5 Å². The summed E-state index contributed by atoms with van der Waals surface area (Å²) in [4.78, 5) is 33.5. The third-order valence-electron chi connectivity index (χ3n) is 5.45. The van der Waals surface area contributed by atoms with Gasteiger partial charge in [-0.05, 0) is 37.1 Å². The number of para-hydroxylation sites is 3. The van der Waals surface area contributed by atoms with Crippen LogP contribution in [0.4, 0.5) is 5.69 Å². The second kappa shape index (κ2) is 7.46. The van der Waals surface area contributed by atoms with Gasteiger partial charge in [0, 0.05) is 26.2 Å². The van der Waals surface area contributed by atoms with Crippen molar-refractivity contribution in [3.63, 3.8) is 0 Å². The number of amides is 2. The zero-order chi connectivity index (χ0) is 19.7. The highest BCUT2D eigenvalue weighted by molar-refractivity contribution is 5.93. The maximum Gasteiger partial charge on any atom is 0.246 e. The molecular weight excluding hydrogens is 352 g/mol. The van der Waals surface area contributed by atoms with Crippen molar-refractivity contribution in [1.82, 2.24) is 14.5 Å². The van der Waals surface area contributed by atoms with Crippen LogP contribution in [0.5, 0.6) is 0 Å². The van der Waals surface area contributed by atoms with E-state index < -0.39 is 0 Å². The van der Waals surface area contributed by atoms with Crippen LogP contribution < -0.4 is 4.90 Å². The number of likely N-dealkylation sites (N-methyl/N-ethyl adjacent to an activating group) is 1. The minimum atomic E-state index is -0.0836. The van der Waals surface area contributed by atoms with E-state index in [9.17, 15) is 9.59 Å². The molecule has 28 heavy (non-hydrogen) atoms. The van der Waals surface area contributed by atoms with E-state index in [1.54, 1.807) is 18.9 Å². The summed E-state index contributed by atoms with van der Waals surface area (Å²) in [5.74, 6) is 0.820. The van der Waals surface area contributed by atoms with Gasteiger partial charge >= 0.3 is 0 Å². The molecule has 0 saturated carbocycles. The van der Waals surface area contributed by atoms with E-state index in [0.29, 0.717) is 0 Å². The number of hydrogen-bond acceptors (Lipinski definition) is 3. The Labute approximate surface area is 164 Å². The zero-order valence-electron chi connectivity index (χ0n) is 16.2. The number of hydrogen-bond donors (Lipinski definition) is 0. The van der Waals surface area contributed by atoms with Crippen LogP contribution in [-0.4, -0.2) is 39.9 Å². The second-order valence-electron chi connectivity index (χ2n) is 7.20. The molecule has 1 unspecified atom stereocenters. The smallest absolute Gasteiger partial charge is 0.246 e. The molecule has 0 aliphatic carbocycles. The average molecular weight is 376 g/mol. The summed E-state index contributed by atoms with van der Waals surface area (Å²) in [6.07, 6.45) is 1.82. The summed E-state index contributed by atoms with van der Waals surface area (Å²) < 4.78 is 1.98. The van der Waals surface area contributed by atoms with Crippen molar-refractivity contribution >= 4 is 28.5 Å². The van der Waals surface area contributed by atoms with Gasteiger partial charge < -0.3 is 14.4 Å². The van der Waals surface area contributed by atoms with E-state index in [0.717, 1.165) is 41.9 Å². The van der Waals surface area contributed by atoms with E-state index in [1.807, 2.05) is 64.1 Å². The number of aromatic nitrogens is 2. The SMILES string of the molecule is CC(=O)N1CCCC1c1nc2ccccc2n1CC(=O)N(C)c1ccccc1. The molecule has 1 aliphatic rings. The van der Waals surface area contributed by atoms with Crippen LogP contribution >= 0.6 is 0 Å². The summed E-state index contributed by atoms with van der Waals surface area (Å²) >= 11 is 0. The Morgan fingerprint density at radius 2 is 1.82 bits per heavy atom. The minimum absolute atomic E-state index is 0.0250. The van der Waals surface area contributed by atoms with E-state index in [-0.39, 0.29) is 24.4 Å². The number of likely N-dealkylation sites (tertiary alicyclic amines) is 1. The lowest BCUT2D eigenvalue weighted by Gasteiger charge is -2.24. The fraction of sp³-hybridized carbons (Fsp3) is 0.318. The van der Waals surface area contributed by atoms with E-state index in [4.69, 9.17) is 4.98 Å². The molecule has 4 rings (SSSR count). The van der Waals surface area contributed by atoms with Gasteiger partial charge in [-0.15, -0.1) is 0 Å². The number of carbonyl (C=O) groups excluding carboxylic acids is 2.